The molecule has 2 fully saturated rings. The molecule has 0 saturated carbocycles. The summed E-state index contributed by atoms with van der Waals surface area (Å²) in [7, 11) is 1.70. The Bertz CT molecular complexity index is 722. The van der Waals surface area contributed by atoms with Gasteiger partial charge >= 0.3 is 0 Å². The second kappa shape index (κ2) is 4.29. The number of imide groups is 1. The molecule has 3 amide bonds. The zero-order valence-corrected chi connectivity index (χ0v) is 12.4. The van der Waals surface area contributed by atoms with Gasteiger partial charge in [0, 0.05) is 7.05 Å². The van der Waals surface area contributed by atoms with E-state index < -0.39 is 17.8 Å². The Balaban J connectivity index is 1.78. The number of amides is 3. The lowest BCUT2D eigenvalue weighted by Gasteiger charge is -2.44. The minimum atomic E-state index is -0.549. The number of aryl methyl sites for hydroxylation is 1. The van der Waals surface area contributed by atoms with Crippen LogP contribution in [0.15, 0.2) is 36.4 Å². The molecular formula is C17H16N2O3. The first-order chi connectivity index (χ1) is 10.5. The van der Waals surface area contributed by atoms with Crippen LogP contribution in [0.25, 0.3) is 0 Å². The molecule has 3 aliphatic heterocycles. The van der Waals surface area contributed by atoms with Gasteiger partial charge in [0.05, 0.1) is 29.5 Å². The zero-order chi connectivity index (χ0) is 15.6. The third-order valence-corrected chi connectivity index (χ3v) is 5.04. The lowest BCUT2D eigenvalue weighted by Crippen LogP contribution is -2.57. The molecule has 1 aliphatic carbocycles. The van der Waals surface area contributed by atoms with Gasteiger partial charge in [-0.05, 0) is 19.1 Å². The second-order valence-corrected chi connectivity index (χ2v) is 6.25. The van der Waals surface area contributed by atoms with Gasteiger partial charge in [0.25, 0.3) is 0 Å². The van der Waals surface area contributed by atoms with Crippen molar-refractivity contribution in [1.82, 2.24) is 4.90 Å². The van der Waals surface area contributed by atoms with Crippen LogP contribution < -0.4 is 4.90 Å². The van der Waals surface area contributed by atoms with E-state index in [-0.39, 0.29) is 23.8 Å². The predicted molar refractivity (Wildman–Crippen MR) is 79.8 cm³/mol. The average Bonchev–Trinajstić information content (AvgIpc) is 2.78. The van der Waals surface area contributed by atoms with Crippen LogP contribution in [0.4, 0.5) is 5.69 Å². The molecule has 112 valence electrons. The number of piperidine rings is 1. The fourth-order valence-electron chi connectivity index (χ4n) is 3.86. The normalized spacial score (nSPS) is 32.9. The first-order valence-electron chi connectivity index (χ1n) is 7.40. The van der Waals surface area contributed by atoms with Gasteiger partial charge in [-0.25, -0.2) is 4.90 Å². The highest BCUT2D eigenvalue weighted by Gasteiger charge is 2.61. The number of carbonyl (C=O) groups excluding carboxylic acids is 3. The molecule has 4 aliphatic rings. The fraction of sp³-hybridized carbons (Fsp3) is 0.353. The Kier molecular flexibility index (Phi) is 2.58. The molecule has 2 bridgehead atoms. The van der Waals surface area contributed by atoms with Crippen LogP contribution in [-0.2, 0) is 14.4 Å². The van der Waals surface area contributed by atoms with Crippen molar-refractivity contribution >= 4 is 23.4 Å². The Hall–Kier alpha value is -2.43. The molecule has 0 spiro atoms. The highest BCUT2D eigenvalue weighted by atomic mass is 16.2. The maximum Gasteiger partial charge on any atom is 0.240 e. The van der Waals surface area contributed by atoms with Crippen LogP contribution in [0, 0.1) is 24.7 Å². The molecule has 4 atom stereocenters. The van der Waals surface area contributed by atoms with Gasteiger partial charge in [-0.2, -0.15) is 0 Å². The zero-order valence-electron chi connectivity index (χ0n) is 12.4. The van der Waals surface area contributed by atoms with Crippen molar-refractivity contribution in [3.8, 4) is 0 Å². The number of anilines is 1. The van der Waals surface area contributed by atoms with E-state index in [9.17, 15) is 14.4 Å². The molecule has 1 aromatic carbocycles. The van der Waals surface area contributed by atoms with Crippen LogP contribution >= 0.6 is 0 Å². The smallest absolute Gasteiger partial charge is 0.240 e. The van der Waals surface area contributed by atoms with Crippen molar-refractivity contribution in [1.29, 1.82) is 0 Å². The molecule has 22 heavy (non-hydrogen) atoms. The van der Waals surface area contributed by atoms with Crippen molar-refractivity contribution < 1.29 is 14.4 Å². The number of fused-ring (bicyclic) bond motifs is 1. The minimum Gasteiger partial charge on any atom is -0.338 e. The number of benzene rings is 1. The summed E-state index contributed by atoms with van der Waals surface area (Å²) in [6.45, 7) is 1.95. The molecule has 0 unspecified atom stereocenters. The SMILES string of the molecule is Cc1ccc(N2C(=O)[C@@H]3[C@H](C2=O)[C@H]2C=C[C@@H]3N(C)C2=O)cc1. The Labute approximate surface area is 128 Å². The number of hydrogen-bond acceptors (Lipinski definition) is 3. The van der Waals surface area contributed by atoms with Gasteiger partial charge in [0.1, 0.15) is 0 Å². The summed E-state index contributed by atoms with van der Waals surface area (Å²) < 4.78 is 0. The van der Waals surface area contributed by atoms with Crippen LogP contribution in [0.2, 0.25) is 0 Å². The lowest BCUT2D eigenvalue weighted by molar-refractivity contribution is -0.148. The topological polar surface area (TPSA) is 57.7 Å². The van der Waals surface area contributed by atoms with Gasteiger partial charge in [0.15, 0.2) is 0 Å². The van der Waals surface area contributed by atoms with Crippen LogP contribution in [0.1, 0.15) is 5.56 Å². The average molecular weight is 296 g/mol. The van der Waals surface area contributed by atoms with E-state index in [2.05, 4.69) is 0 Å². The summed E-state index contributed by atoms with van der Waals surface area (Å²) in [6.07, 6.45) is 3.68. The van der Waals surface area contributed by atoms with Gasteiger partial charge in [-0.1, -0.05) is 29.8 Å². The summed E-state index contributed by atoms with van der Waals surface area (Å²) >= 11 is 0. The van der Waals surface area contributed by atoms with Crippen LogP contribution in [0.5, 0.6) is 0 Å². The third-order valence-electron chi connectivity index (χ3n) is 5.04. The summed E-state index contributed by atoms with van der Waals surface area (Å²) in [4.78, 5) is 40.7. The minimum absolute atomic E-state index is 0.0688. The molecule has 5 heteroatoms. The Morgan fingerprint density at radius 3 is 2.18 bits per heavy atom. The molecule has 3 heterocycles. The van der Waals surface area contributed by atoms with Crippen molar-refractivity contribution in [3.05, 3.63) is 42.0 Å². The van der Waals surface area contributed by atoms with E-state index in [4.69, 9.17) is 0 Å². The summed E-state index contributed by atoms with van der Waals surface area (Å²) in [5, 5.41) is 0. The van der Waals surface area contributed by atoms with Gasteiger partial charge in [0.2, 0.25) is 17.7 Å². The molecule has 1 aromatic rings. The Morgan fingerprint density at radius 2 is 1.50 bits per heavy atom. The van der Waals surface area contributed by atoms with Crippen molar-refractivity contribution in [2.24, 2.45) is 17.8 Å². The number of carbonyl (C=O) groups is 3. The monoisotopic (exact) mass is 296 g/mol. The molecule has 5 rings (SSSR count). The summed E-state index contributed by atoms with van der Waals surface area (Å²) in [5.74, 6) is -2.02. The van der Waals surface area contributed by atoms with E-state index in [1.165, 1.54) is 4.90 Å². The first-order valence-corrected chi connectivity index (χ1v) is 7.40. The summed E-state index contributed by atoms with van der Waals surface area (Å²) in [6, 6.07) is 7.01. The van der Waals surface area contributed by atoms with Gasteiger partial charge in [-0.3, -0.25) is 14.4 Å². The maximum absolute atomic E-state index is 12.8. The molecule has 0 radical (unpaired) electrons. The fourth-order valence-corrected chi connectivity index (χ4v) is 3.86. The molecule has 0 N–H and O–H groups in total. The Morgan fingerprint density at radius 1 is 0.864 bits per heavy atom. The largest absolute Gasteiger partial charge is 0.338 e. The van der Waals surface area contributed by atoms with E-state index in [0.29, 0.717) is 5.69 Å². The number of likely N-dealkylation sites (N-methyl/N-ethyl adjacent to an activating group) is 1. The van der Waals surface area contributed by atoms with Crippen LogP contribution in [0.3, 0.4) is 0 Å². The van der Waals surface area contributed by atoms with Crippen molar-refractivity contribution in [2.75, 3.05) is 11.9 Å². The number of hydrogen-bond donors (Lipinski definition) is 0. The first kappa shape index (κ1) is 13.2. The standard InChI is InChI=1S/C17H16N2O3/c1-9-3-5-10(6-4-9)19-16(21)13-11-7-8-12(14(13)17(19)22)18(2)15(11)20/h3-8,11-14H,1-2H3/t11-,12+,13-,14+/m1/s1. The molecular weight excluding hydrogens is 280 g/mol. The highest BCUT2D eigenvalue weighted by molar-refractivity contribution is 6.24. The maximum atomic E-state index is 12.8. The van der Waals surface area contributed by atoms with Crippen molar-refractivity contribution in [2.45, 2.75) is 13.0 Å². The van der Waals surface area contributed by atoms with E-state index in [0.717, 1.165) is 5.56 Å². The molecule has 0 aromatic heterocycles. The van der Waals surface area contributed by atoms with Crippen LogP contribution in [-0.4, -0.2) is 35.7 Å². The van der Waals surface area contributed by atoms with Gasteiger partial charge in [-0.15, -0.1) is 0 Å². The predicted octanol–water partition coefficient (Wildman–Crippen LogP) is 1.13. The van der Waals surface area contributed by atoms with E-state index in [1.807, 2.05) is 25.1 Å². The van der Waals surface area contributed by atoms with E-state index >= 15 is 0 Å². The number of nitrogens with zero attached hydrogens (tertiary/aromatic N) is 2. The molecule has 2 saturated heterocycles. The summed E-state index contributed by atoms with van der Waals surface area (Å²) in [5.41, 5.74) is 1.65. The number of rotatable bonds is 1. The van der Waals surface area contributed by atoms with E-state index in [1.54, 1.807) is 30.2 Å². The third kappa shape index (κ3) is 1.51. The highest BCUT2D eigenvalue weighted by Crippen LogP contribution is 2.46. The van der Waals surface area contributed by atoms with Crippen molar-refractivity contribution in [3.63, 3.8) is 0 Å². The quantitative estimate of drug-likeness (QED) is 0.576. The second-order valence-electron chi connectivity index (χ2n) is 6.25. The lowest BCUT2D eigenvalue weighted by atomic mass is 9.70. The molecule has 5 nitrogen and oxygen atoms in total. The van der Waals surface area contributed by atoms with Gasteiger partial charge < -0.3 is 4.90 Å².